The van der Waals surface area contributed by atoms with Crippen molar-refractivity contribution in [1.29, 1.82) is 0 Å². The molecule has 0 bridgehead atoms. The van der Waals surface area contributed by atoms with E-state index in [0.717, 1.165) is 21.2 Å². The Balaban J connectivity index is 1.62. The van der Waals surface area contributed by atoms with Crippen LogP contribution in [0.25, 0.3) is 54.3 Å². The number of hydrogen-bond acceptors (Lipinski definition) is 4. The maximum absolute atomic E-state index is 4.88. The summed E-state index contributed by atoms with van der Waals surface area (Å²) in [5.74, 6) is 1.98. The SMILES string of the molecule is Brc1c(-c2nc(-c3ccccc3)nc(-c3ccccc3)n2)ccc2sc3ccccc3c12. The van der Waals surface area contributed by atoms with E-state index < -0.39 is 0 Å². The predicted molar refractivity (Wildman–Crippen MR) is 137 cm³/mol. The van der Waals surface area contributed by atoms with Crippen molar-refractivity contribution in [3.8, 4) is 34.2 Å². The Kier molecular flexibility index (Phi) is 4.78. The highest BCUT2D eigenvalue weighted by molar-refractivity contribution is 9.10. The Morgan fingerprint density at radius 1 is 0.531 bits per heavy atom. The van der Waals surface area contributed by atoms with Crippen LogP contribution < -0.4 is 0 Å². The largest absolute Gasteiger partial charge is 0.208 e. The summed E-state index contributed by atoms with van der Waals surface area (Å²) < 4.78 is 3.52. The Hall–Kier alpha value is -3.41. The van der Waals surface area contributed by atoms with Crippen LogP contribution in [0.1, 0.15) is 0 Å². The number of thiophene rings is 1. The van der Waals surface area contributed by atoms with Crippen molar-refractivity contribution in [2.45, 2.75) is 0 Å². The van der Waals surface area contributed by atoms with E-state index in [2.05, 4.69) is 52.3 Å². The molecule has 3 nitrogen and oxygen atoms in total. The quantitative estimate of drug-likeness (QED) is 0.250. The van der Waals surface area contributed by atoms with Gasteiger partial charge in [-0.1, -0.05) is 78.9 Å². The summed E-state index contributed by atoms with van der Waals surface area (Å²) in [5, 5.41) is 2.44. The minimum absolute atomic E-state index is 0.654. The van der Waals surface area contributed by atoms with E-state index in [1.165, 1.54) is 20.2 Å². The van der Waals surface area contributed by atoms with Gasteiger partial charge >= 0.3 is 0 Å². The summed E-state index contributed by atoms with van der Waals surface area (Å²) in [4.78, 5) is 14.6. The first-order chi connectivity index (χ1) is 15.8. The van der Waals surface area contributed by atoms with Gasteiger partial charge in [0, 0.05) is 41.3 Å². The first-order valence-electron chi connectivity index (χ1n) is 10.2. The van der Waals surface area contributed by atoms with Gasteiger partial charge in [0.1, 0.15) is 0 Å². The Morgan fingerprint density at radius 2 is 1.09 bits per heavy atom. The van der Waals surface area contributed by atoms with Crippen molar-refractivity contribution in [2.24, 2.45) is 0 Å². The normalized spacial score (nSPS) is 11.3. The molecule has 0 radical (unpaired) electrons. The molecule has 0 saturated carbocycles. The molecule has 0 atom stereocenters. The van der Waals surface area contributed by atoms with Crippen molar-refractivity contribution in [3.05, 3.63) is 102 Å². The van der Waals surface area contributed by atoms with Crippen LogP contribution in [0.4, 0.5) is 0 Å². The van der Waals surface area contributed by atoms with E-state index in [9.17, 15) is 0 Å². The Bertz CT molecular complexity index is 1520. The van der Waals surface area contributed by atoms with Crippen molar-refractivity contribution in [2.75, 3.05) is 0 Å². The third kappa shape index (κ3) is 3.30. The fourth-order valence-corrected chi connectivity index (χ4v) is 5.86. The molecule has 0 aliphatic rings. The van der Waals surface area contributed by atoms with E-state index in [1.807, 2.05) is 60.7 Å². The van der Waals surface area contributed by atoms with Crippen LogP contribution in [0.3, 0.4) is 0 Å². The van der Waals surface area contributed by atoms with Gasteiger partial charge in [-0.05, 0) is 34.1 Å². The molecule has 2 heterocycles. The number of hydrogen-bond donors (Lipinski definition) is 0. The molecule has 32 heavy (non-hydrogen) atoms. The number of aromatic nitrogens is 3. The molecule has 5 heteroatoms. The second kappa shape index (κ2) is 7.93. The molecule has 6 rings (SSSR count). The molecule has 0 N–H and O–H groups in total. The number of rotatable bonds is 3. The van der Waals surface area contributed by atoms with Gasteiger partial charge < -0.3 is 0 Å². The highest BCUT2D eigenvalue weighted by Gasteiger charge is 2.17. The molecule has 152 valence electrons. The molecular formula is C27H16BrN3S. The lowest BCUT2D eigenvalue weighted by molar-refractivity contribution is 1.07. The van der Waals surface area contributed by atoms with E-state index in [0.29, 0.717) is 17.5 Å². The summed E-state index contributed by atoms with van der Waals surface area (Å²) >= 11 is 5.68. The van der Waals surface area contributed by atoms with Crippen molar-refractivity contribution < 1.29 is 0 Å². The van der Waals surface area contributed by atoms with Gasteiger partial charge in [0.25, 0.3) is 0 Å². The summed E-state index contributed by atoms with van der Waals surface area (Å²) in [6.07, 6.45) is 0. The lowest BCUT2D eigenvalue weighted by Gasteiger charge is -2.10. The van der Waals surface area contributed by atoms with Crippen LogP contribution in [0.2, 0.25) is 0 Å². The molecule has 4 aromatic carbocycles. The number of nitrogens with zero attached hydrogens (tertiary/aromatic N) is 3. The van der Waals surface area contributed by atoms with Gasteiger partial charge in [-0.25, -0.2) is 15.0 Å². The summed E-state index contributed by atoms with van der Waals surface area (Å²) in [7, 11) is 0. The fourth-order valence-electron chi connectivity index (χ4n) is 3.88. The molecule has 0 fully saturated rings. The average Bonchev–Trinajstić information content (AvgIpc) is 3.24. The monoisotopic (exact) mass is 493 g/mol. The van der Waals surface area contributed by atoms with Gasteiger partial charge in [0.05, 0.1) is 0 Å². The van der Waals surface area contributed by atoms with Crippen molar-refractivity contribution in [1.82, 2.24) is 15.0 Å². The zero-order valence-electron chi connectivity index (χ0n) is 16.9. The summed E-state index contributed by atoms with van der Waals surface area (Å²) in [6.45, 7) is 0. The molecule has 0 amide bonds. The zero-order valence-corrected chi connectivity index (χ0v) is 19.3. The Labute approximate surface area is 197 Å². The number of fused-ring (bicyclic) bond motifs is 3. The van der Waals surface area contributed by atoms with E-state index in [4.69, 9.17) is 15.0 Å². The molecule has 6 aromatic rings. The zero-order chi connectivity index (χ0) is 21.5. The molecular weight excluding hydrogens is 478 g/mol. The predicted octanol–water partition coefficient (Wildman–Crippen LogP) is 8.00. The molecule has 2 aromatic heterocycles. The summed E-state index contributed by atoms with van der Waals surface area (Å²) in [6, 6.07) is 32.8. The highest BCUT2D eigenvalue weighted by Crippen LogP contribution is 2.42. The first kappa shape index (κ1) is 19.3. The lowest BCUT2D eigenvalue weighted by atomic mass is 10.1. The van der Waals surface area contributed by atoms with Crippen LogP contribution >= 0.6 is 27.3 Å². The third-order valence-electron chi connectivity index (χ3n) is 5.42. The lowest BCUT2D eigenvalue weighted by Crippen LogP contribution is -2.00. The summed E-state index contributed by atoms with van der Waals surface area (Å²) in [5.41, 5.74) is 2.89. The van der Waals surface area contributed by atoms with Crippen LogP contribution in [0, 0.1) is 0 Å². The second-order valence-electron chi connectivity index (χ2n) is 7.44. The molecule has 0 saturated heterocycles. The fraction of sp³-hybridized carbons (Fsp3) is 0. The topological polar surface area (TPSA) is 38.7 Å². The van der Waals surface area contributed by atoms with Gasteiger partial charge in [0.2, 0.25) is 0 Å². The second-order valence-corrected chi connectivity index (χ2v) is 9.31. The first-order valence-corrected chi connectivity index (χ1v) is 11.9. The molecule has 0 aliphatic heterocycles. The van der Waals surface area contributed by atoms with Crippen molar-refractivity contribution in [3.63, 3.8) is 0 Å². The van der Waals surface area contributed by atoms with Crippen LogP contribution in [0.15, 0.2) is 102 Å². The maximum Gasteiger partial charge on any atom is 0.165 e. The van der Waals surface area contributed by atoms with Gasteiger partial charge in [-0.2, -0.15) is 0 Å². The number of benzene rings is 4. The standard InChI is InChI=1S/C27H16BrN3S/c28-24-20(15-16-22-23(24)19-13-7-8-14-21(19)32-22)27-30-25(17-9-3-1-4-10-17)29-26(31-27)18-11-5-2-6-12-18/h1-16H. The maximum atomic E-state index is 4.88. The minimum Gasteiger partial charge on any atom is -0.208 e. The van der Waals surface area contributed by atoms with E-state index in [1.54, 1.807) is 11.3 Å². The third-order valence-corrected chi connectivity index (χ3v) is 7.38. The van der Waals surface area contributed by atoms with E-state index in [-0.39, 0.29) is 0 Å². The minimum atomic E-state index is 0.654. The van der Waals surface area contributed by atoms with Gasteiger partial charge in [0.15, 0.2) is 17.5 Å². The van der Waals surface area contributed by atoms with Gasteiger partial charge in [-0.15, -0.1) is 11.3 Å². The molecule has 0 spiro atoms. The van der Waals surface area contributed by atoms with Crippen LogP contribution in [-0.4, -0.2) is 15.0 Å². The molecule has 0 aliphatic carbocycles. The number of halogens is 1. The van der Waals surface area contributed by atoms with E-state index >= 15 is 0 Å². The molecule has 0 unspecified atom stereocenters. The smallest absolute Gasteiger partial charge is 0.165 e. The van der Waals surface area contributed by atoms with Crippen LogP contribution in [0.5, 0.6) is 0 Å². The Morgan fingerprint density at radius 3 is 1.75 bits per heavy atom. The van der Waals surface area contributed by atoms with Gasteiger partial charge in [-0.3, -0.25) is 0 Å². The average molecular weight is 494 g/mol. The highest BCUT2D eigenvalue weighted by atomic mass is 79.9. The van der Waals surface area contributed by atoms with Crippen molar-refractivity contribution >= 4 is 47.4 Å². The van der Waals surface area contributed by atoms with Crippen LogP contribution in [-0.2, 0) is 0 Å².